The molecule has 0 radical (unpaired) electrons. The molecule has 0 saturated carbocycles. The molecule has 8 heteroatoms. The lowest BCUT2D eigenvalue weighted by Gasteiger charge is -2.31. The van der Waals surface area contributed by atoms with Crippen LogP contribution in [0.5, 0.6) is 11.5 Å². The fourth-order valence-electron chi connectivity index (χ4n) is 5.24. The molecule has 8 nitrogen and oxygen atoms in total. The van der Waals surface area contributed by atoms with Gasteiger partial charge in [0.05, 0.1) is 20.3 Å². The number of rotatable bonds is 12. The fraction of sp³-hybridized carbons (Fsp3) is 0.621. The van der Waals surface area contributed by atoms with Crippen molar-refractivity contribution in [3.8, 4) is 11.5 Å². The second-order valence-corrected chi connectivity index (χ2v) is 10.0. The van der Waals surface area contributed by atoms with Gasteiger partial charge in [0.15, 0.2) is 11.5 Å². The second-order valence-electron chi connectivity index (χ2n) is 10.0. The van der Waals surface area contributed by atoms with Crippen LogP contribution in [-0.4, -0.2) is 78.9 Å². The predicted molar refractivity (Wildman–Crippen MR) is 143 cm³/mol. The van der Waals surface area contributed by atoms with Gasteiger partial charge in [0.25, 0.3) is 0 Å². The van der Waals surface area contributed by atoms with Crippen LogP contribution in [0.1, 0.15) is 62.5 Å². The number of nitrogens with zero attached hydrogens (tertiary/aromatic N) is 4. The summed E-state index contributed by atoms with van der Waals surface area (Å²) in [6.07, 6.45) is 10.0. The Morgan fingerprint density at radius 3 is 2.65 bits per heavy atom. The van der Waals surface area contributed by atoms with Crippen molar-refractivity contribution in [1.82, 2.24) is 19.8 Å². The number of ether oxygens (including phenoxy) is 3. The zero-order valence-electron chi connectivity index (χ0n) is 22.5. The van der Waals surface area contributed by atoms with E-state index in [2.05, 4.69) is 22.0 Å². The number of aryl methyl sites for hydroxylation is 1. The number of amides is 1. The molecule has 2 fully saturated rings. The molecule has 202 valence electrons. The van der Waals surface area contributed by atoms with Crippen molar-refractivity contribution in [3.63, 3.8) is 0 Å². The van der Waals surface area contributed by atoms with Crippen molar-refractivity contribution >= 4 is 6.09 Å². The van der Waals surface area contributed by atoms with Crippen LogP contribution in [0.15, 0.2) is 30.5 Å². The van der Waals surface area contributed by atoms with E-state index in [-0.39, 0.29) is 6.09 Å². The third-order valence-electron chi connectivity index (χ3n) is 7.38. The predicted octanol–water partition coefficient (Wildman–Crippen LogP) is 4.74. The summed E-state index contributed by atoms with van der Waals surface area (Å²) in [6.45, 7) is 8.03. The maximum absolute atomic E-state index is 11.9. The van der Waals surface area contributed by atoms with Gasteiger partial charge < -0.3 is 24.0 Å². The van der Waals surface area contributed by atoms with Crippen LogP contribution in [0.25, 0.3) is 0 Å². The molecule has 2 aromatic rings. The van der Waals surface area contributed by atoms with Gasteiger partial charge in [-0.3, -0.25) is 0 Å². The minimum atomic E-state index is -0.185. The number of likely N-dealkylation sites (tertiary alicyclic amines) is 2. The lowest BCUT2D eigenvalue weighted by Crippen LogP contribution is -2.38. The maximum atomic E-state index is 11.9. The van der Waals surface area contributed by atoms with E-state index < -0.39 is 0 Å². The topological polar surface area (TPSA) is 77.0 Å². The van der Waals surface area contributed by atoms with E-state index in [1.165, 1.54) is 25.9 Å². The Hall–Kier alpha value is -2.87. The molecule has 1 aromatic heterocycles. The van der Waals surface area contributed by atoms with Crippen molar-refractivity contribution in [1.29, 1.82) is 0 Å². The molecular weight excluding hydrogens is 468 g/mol. The number of carbonyl (C=O) groups excluding carboxylic acids is 1. The Bertz CT molecular complexity index is 988. The number of carbonyl (C=O) groups is 1. The Kier molecular flexibility index (Phi) is 10.4. The fourth-order valence-corrected chi connectivity index (χ4v) is 5.24. The molecule has 0 bridgehead atoms. The van der Waals surface area contributed by atoms with Crippen LogP contribution < -0.4 is 9.47 Å². The summed E-state index contributed by atoms with van der Waals surface area (Å²) in [7, 11) is 1.68. The van der Waals surface area contributed by atoms with Crippen LogP contribution in [-0.2, 0) is 17.6 Å². The highest BCUT2D eigenvalue weighted by Gasteiger charge is 2.23. The number of aromatic nitrogens is 2. The summed E-state index contributed by atoms with van der Waals surface area (Å²) in [6, 6.07) is 8.10. The van der Waals surface area contributed by atoms with Crippen LogP contribution in [0, 0.1) is 5.92 Å². The molecule has 2 saturated heterocycles. The standard InChI is InChI=1S/C29H42N4O4/c1-3-36-29(34)33-18-12-23(13-19-33)7-9-25-11-14-30-28(31-25)22-24-8-10-26(35-2)27(21-24)37-20-6-17-32-15-4-5-16-32/h8,10-11,14,21,23H,3-7,9,12-13,15-20,22H2,1-2H3. The molecule has 37 heavy (non-hydrogen) atoms. The van der Waals surface area contributed by atoms with E-state index in [0.717, 1.165) is 80.3 Å². The molecule has 0 atom stereocenters. The summed E-state index contributed by atoms with van der Waals surface area (Å²) >= 11 is 0. The second kappa shape index (κ2) is 14.2. The monoisotopic (exact) mass is 510 g/mol. The molecule has 0 aliphatic carbocycles. The lowest BCUT2D eigenvalue weighted by molar-refractivity contribution is 0.0909. The first kappa shape index (κ1) is 27.2. The van der Waals surface area contributed by atoms with Crippen LogP contribution >= 0.6 is 0 Å². The van der Waals surface area contributed by atoms with Crippen LogP contribution in [0.3, 0.4) is 0 Å². The third kappa shape index (κ3) is 8.32. The Morgan fingerprint density at radius 1 is 1.08 bits per heavy atom. The first-order chi connectivity index (χ1) is 18.1. The van der Waals surface area contributed by atoms with E-state index >= 15 is 0 Å². The summed E-state index contributed by atoms with van der Waals surface area (Å²) in [5.74, 6) is 2.97. The van der Waals surface area contributed by atoms with Gasteiger partial charge in [-0.05, 0) is 94.6 Å². The quantitative estimate of drug-likeness (QED) is 0.382. The number of methoxy groups -OCH3 is 1. The van der Waals surface area contributed by atoms with Crippen molar-refractivity contribution in [2.45, 2.75) is 58.3 Å². The van der Waals surface area contributed by atoms with Gasteiger partial charge in [-0.15, -0.1) is 0 Å². The van der Waals surface area contributed by atoms with E-state index in [1.807, 2.05) is 30.2 Å². The zero-order chi connectivity index (χ0) is 25.9. The molecule has 0 spiro atoms. The van der Waals surface area contributed by atoms with Gasteiger partial charge in [0.1, 0.15) is 5.82 Å². The number of benzene rings is 1. The number of hydrogen-bond donors (Lipinski definition) is 0. The molecule has 3 heterocycles. The van der Waals surface area contributed by atoms with Crippen molar-refractivity contribution in [3.05, 3.63) is 47.5 Å². The molecule has 1 amide bonds. The summed E-state index contributed by atoms with van der Waals surface area (Å²) in [5, 5.41) is 0. The van der Waals surface area contributed by atoms with E-state index in [1.54, 1.807) is 7.11 Å². The highest BCUT2D eigenvalue weighted by molar-refractivity contribution is 5.67. The minimum absolute atomic E-state index is 0.185. The zero-order valence-corrected chi connectivity index (χ0v) is 22.5. The van der Waals surface area contributed by atoms with Gasteiger partial charge in [-0.2, -0.15) is 0 Å². The van der Waals surface area contributed by atoms with Crippen molar-refractivity contribution in [2.75, 3.05) is 53.0 Å². The molecule has 2 aliphatic rings. The van der Waals surface area contributed by atoms with Gasteiger partial charge in [-0.25, -0.2) is 14.8 Å². The molecule has 4 rings (SSSR count). The maximum Gasteiger partial charge on any atom is 0.409 e. The van der Waals surface area contributed by atoms with Crippen molar-refractivity contribution < 1.29 is 19.0 Å². The van der Waals surface area contributed by atoms with Crippen LogP contribution in [0.4, 0.5) is 4.79 Å². The van der Waals surface area contributed by atoms with Gasteiger partial charge in [0.2, 0.25) is 0 Å². The van der Waals surface area contributed by atoms with Crippen molar-refractivity contribution in [2.24, 2.45) is 5.92 Å². The number of hydrogen-bond acceptors (Lipinski definition) is 7. The number of piperidine rings is 1. The molecule has 1 aromatic carbocycles. The average molecular weight is 511 g/mol. The molecule has 0 unspecified atom stereocenters. The average Bonchev–Trinajstić information content (AvgIpc) is 3.44. The van der Waals surface area contributed by atoms with Gasteiger partial charge in [-0.1, -0.05) is 6.07 Å². The Balaban J connectivity index is 1.26. The summed E-state index contributed by atoms with van der Waals surface area (Å²) in [5.41, 5.74) is 2.18. The Labute approximate surface area is 221 Å². The molecular formula is C29H42N4O4. The highest BCUT2D eigenvalue weighted by Crippen LogP contribution is 2.29. The van der Waals surface area contributed by atoms with E-state index in [9.17, 15) is 4.79 Å². The first-order valence-electron chi connectivity index (χ1n) is 13.9. The third-order valence-corrected chi connectivity index (χ3v) is 7.38. The SMILES string of the molecule is CCOC(=O)N1CCC(CCc2ccnc(Cc3ccc(OC)c(OCCCN4CCCC4)c3)n2)CC1. The minimum Gasteiger partial charge on any atom is -0.493 e. The van der Waals surface area contributed by atoms with Gasteiger partial charge in [0, 0.05) is 37.9 Å². The van der Waals surface area contributed by atoms with Crippen LogP contribution in [0.2, 0.25) is 0 Å². The Morgan fingerprint density at radius 2 is 1.89 bits per heavy atom. The summed E-state index contributed by atoms with van der Waals surface area (Å²) in [4.78, 5) is 25.6. The van der Waals surface area contributed by atoms with Gasteiger partial charge >= 0.3 is 6.09 Å². The normalized spacial score (nSPS) is 16.6. The summed E-state index contributed by atoms with van der Waals surface area (Å²) < 4.78 is 16.8. The lowest BCUT2D eigenvalue weighted by atomic mass is 9.91. The van der Waals surface area contributed by atoms with E-state index in [4.69, 9.17) is 19.2 Å². The largest absolute Gasteiger partial charge is 0.493 e. The molecule has 0 N–H and O–H groups in total. The van der Waals surface area contributed by atoms with E-state index in [0.29, 0.717) is 25.6 Å². The first-order valence-corrected chi connectivity index (χ1v) is 13.9. The smallest absolute Gasteiger partial charge is 0.409 e. The highest BCUT2D eigenvalue weighted by atomic mass is 16.6. The molecule has 2 aliphatic heterocycles.